The number of anilines is 1. The zero-order valence-corrected chi connectivity index (χ0v) is 10.3. The molecule has 19 heavy (non-hydrogen) atoms. The number of alkyl halides is 3. The summed E-state index contributed by atoms with van der Waals surface area (Å²) in [5, 5.41) is 2.10. The van der Waals surface area contributed by atoms with Crippen molar-refractivity contribution >= 4 is 11.6 Å². The maximum atomic E-state index is 12.6. The first-order chi connectivity index (χ1) is 8.82. The Morgan fingerprint density at radius 2 is 1.84 bits per heavy atom. The number of amides is 1. The molecule has 1 aromatic rings. The van der Waals surface area contributed by atoms with Crippen LogP contribution in [0.4, 0.5) is 18.9 Å². The molecule has 0 atom stereocenters. The van der Waals surface area contributed by atoms with Crippen LogP contribution < -0.4 is 11.1 Å². The van der Waals surface area contributed by atoms with Gasteiger partial charge in [-0.3, -0.25) is 4.79 Å². The van der Waals surface area contributed by atoms with Crippen LogP contribution in [0.15, 0.2) is 24.3 Å². The van der Waals surface area contributed by atoms with E-state index in [-0.39, 0.29) is 19.3 Å². The fraction of sp³-hybridized carbons (Fsp3) is 0.462. The number of nitrogens with one attached hydrogen (secondary N) is 1. The number of nitrogens with two attached hydrogens (primary N) is 1. The van der Waals surface area contributed by atoms with Crippen molar-refractivity contribution < 1.29 is 18.0 Å². The molecule has 1 aliphatic rings. The summed E-state index contributed by atoms with van der Waals surface area (Å²) in [4.78, 5) is 11.5. The van der Waals surface area contributed by atoms with Crippen molar-refractivity contribution in [2.45, 2.75) is 37.4 Å². The number of hydrogen-bond donors (Lipinski definition) is 2. The fourth-order valence-corrected chi connectivity index (χ4v) is 1.88. The summed E-state index contributed by atoms with van der Waals surface area (Å²) >= 11 is 0. The Balaban J connectivity index is 1.84. The summed E-state index contributed by atoms with van der Waals surface area (Å²) in [6.07, 6.45) is -3.96. The zero-order chi connectivity index (χ0) is 14.1. The second-order valence-corrected chi connectivity index (χ2v) is 4.87. The van der Waals surface area contributed by atoms with Crippen LogP contribution in [-0.2, 0) is 11.2 Å². The van der Waals surface area contributed by atoms with Crippen LogP contribution in [-0.4, -0.2) is 17.6 Å². The number of benzene rings is 1. The minimum Gasteiger partial charge on any atom is -0.399 e. The largest absolute Gasteiger partial charge is 0.411 e. The minimum absolute atomic E-state index is 0.0237. The van der Waals surface area contributed by atoms with Gasteiger partial charge in [0.15, 0.2) is 0 Å². The molecule has 0 saturated heterocycles. The number of carbonyl (C=O) groups is 1. The highest BCUT2D eigenvalue weighted by molar-refractivity contribution is 5.77. The Morgan fingerprint density at radius 3 is 2.32 bits per heavy atom. The Labute approximate surface area is 109 Å². The van der Waals surface area contributed by atoms with Crippen LogP contribution >= 0.6 is 0 Å². The molecule has 0 aromatic heterocycles. The summed E-state index contributed by atoms with van der Waals surface area (Å²) in [6, 6.07) is 6.93. The molecule has 3 N–H and O–H groups in total. The lowest BCUT2D eigenvalue weighted by molar-refractivity contribution is -0.170. The van der Waals surface area contributed by atoms with Gasteiger partial charge in [0.2, 0.25) is 5.91 Å². The Bertz CT molecular complexity index is 464. The van der Waals surface area contributed by atoms with E-state index in [1.54, 1.807) is 24.3 Å². The van der Waals surface area contributed by atoms with Crippen LogP contribution in [0.5, 0.6) is 0 Å². The molecule has 0 aliphatic heterocycles. The second kappa shape index (κ2) is 4.75. The maximum Gasteiger partial charge on any atom is 0.411 e. The van der Waals surface area contributed by atoms with Gasteiger partial charge in [-0.1, -0.05) is 12.1 Å². The van der Waals surface area contributed by atoms with E-state index in [4.69, 9.17) is 5.73 Å². The van der Waals surface area contributed by atoms with Gasteiger partial charge in [0.25, 0.3) is 0 Å². The van der Waals surface area contributed by atoms with Gasteiger partial charge >= 0.3 is 6.18 Å². The number of hydrogen-bond acceptors (Lipinski definition) is 2. The van der Waals surface area contributed by atoms with Gasteiger partial charge in [-0.05, 0) is 37.0 Å². The van der Waals surface area contributed by atoms with Crippen molar-refractivity contribution in [1.29, 1.82) is 0 Å². The normalized spacial score (nSPS) is 17.0. The van der Waals surface area contributed by atoms with Gasteiger partial charge in [0, 0.05) is 12.1 Å². The first kappa shape index (κ1) is 13.7. The van der Waals surface area contributed by atoms with Crippen molar-refractivity contribution in [2.75, 3.05) is 5.73 Å². The van der Waals surface area contributed by atoms with Gasteiger partial charge in [-0.15, -0.1) is 0 Å². The molecular weight excluding hydrogens is 257 g/mol. The van der Waals surface area contributed by atoms with Crippen molar-refractivity contribution in [3.63, 3.8) is 0 Å². The lowest BCUT2D eigenvalue weighted by Crippen LogP contribution is -2.47. The van der Waals surface area contributed by atoms with Crippen molar-refractivity contribution in [1.82, 2.24) is 5.32 Å². The third-order valence-electron chi connectivity index (χ3n) is 3.29. The third-order valence-corrected chi connectivity index (χ3v) is 3.29. The predicted molar refractivity (Wildman–Crippen MR) is 65.3 cm³/mol. The van der Waals surface area contributed by atoms with Crippen LogP contribution in [0.1, 0.15) is 24.8 Å². The van der Waals surface area contributed by atoms with E-state index in [2.05, 4.69) is 5.32 Å². The molecule has 104 valence electrons. The fourth-order valence-electron chi connectivity index (χ4n) is 1.88. The lowest BCUT2D eigenvalue weighted by atomic mass is 10.1. The molecule has 2 rings (SSSR count). The Hall–Kier alpha value is -1.72. The summed E-state index contributed by atoms with van der Waals surface area (Å²) in [7, 11) is 0. The molecular formula is C13H15F3N2O. The molecule has 1 fully saturated rings. The number of halogens is 3. The van der Waals surface area contributed by atoms with E-state index >= 15 is 0 Å². The highest BCUT2D eigenvalue weighted by Crippen LogP contribution is 2.48. The van der Waals surface area contributed by atoms with E-state index in [0.29, 0.717) is 12.1 Å². The second-order valence-electron chi connectivity index (χ2n) is 4.87. The molecule has 1 aliphatic carbocycles. The molecule has 6 heteroatoms. The molecule has 0 spiro atoms. The van der Waals surface area contributed by atoms with Crippen molar-refractivity contribution in [3.05, 3.63) is 29.8 Å². The molecule has 1 aromatic carbocycles. The summed E-state index contributed by atoms with van der Waals surface area (Å²) < 4.78 is 37.9. The van der Waals surface area contributed by atoms with E-state index in [1.165, 1.54) is 0 Å². The van der Waals surface area contributed by atoms with Gasteiger partial charge < -0.3 is 11.1 Å². The van der Waals surface area contributed by atoms with Crippen molar-refractivity contribution in [3.8, 4) is 0 Å². The van der Waals surface area contributed by atoms with Crippen LogP contribution in [0, 0.1) is 0 Å². The van der Waals surface area contributed by atoms with Gasteiger partial charge in [-0.25, -0.2) is 0 Å². The zero-order valence-electron chi connectivity index (χ0n) is 10.3. The quantitative estimate of drug-likeness (QED) is 0.827. The smallest absolute Gasteiger partial charge is 0.399 e. The molecule has 0 unspecified atom stereocenters. The van der Waals surface area contributed by atoms with Crippen LogP contribution in [0.3, 0.4) is 0 Å². The summed E-state index contributed by atoms with van der Waals surface area (Å²) in [5.41, 5.74) is 5.04. The third kappa shape index (κ3) is 3.19. The Kier molecular flexibility index (Phi) is 3.43. The van der Waals surface area contributed by atoms with E-state index in [1.807, 2.05) is 0 Å². The monoisotopic (exact) mass is 272 g/mol. The topological polar surface area (TPSA) is 55.1 Å². The number of carbonyl (C=O) groups excluding carboxylic acids is 1. The molecule has 0 bridgehead atoms. The highest BCUT2D eigenvalue weighted by Gasteiger charge is 2.64. The molecule has 3 nitrogen and oxygen atoms in total. The maximum absolute atomic E-state index is 12.6. The number of aryl methyl sites for hydroxylation is 1. The van der Waals surface area contributed by atoms with Crippen LogP contribution in [0.2, 0.25) is 0 Å². The van der Waals surface area contributed by atoms with E-state index in [9.17, 15) is 18.0 Å². The van der Waals surface area contributed by atoms with Crippen LogP contribution in [0.25, 0.3) is 0 Å². The van der Waals surface area contributed by atoms with Gasteiger partial charge in [0.1, 0.15) is 5.54 Å². The molecule has 0 radical (unpaired) electrons. The highest BCUT2D eigenvalue weighted by atomic mass is 19.4. The van der Waals surface area contributed by atoms with Crippen molar-refractivity contribution in [2.24, 2.45) is 0 Å². The lowest BCUT2D eigenvalue weighted by Gasteiger charge is -2.20. The summed E-state index contributed by atoms with van der Waals surface area (Å²) in [5.74, 6) is -0.563. The molecule has 1 saturated carbocycles. The predicted octanol–water partition coefficient (Wildman–Crippen LogP) is 2.41. The average Bonchev–Trinajstić information content (AvgIpc) is 3.09. The SMILES string of the molecule is Nc1ccc(CCC(=O)NC2(C(F)(F)F)CC2)cc1. The summed E-state index contributed by atoms with van der Waals surface area (Å²) in [6.45, 7) is 0. The standard InChI is InChI=1S/C13H15F3N2O/c14-13(15,16)12(7-8-12)18-11(19)6-3-9-1-4-10(17)5-2-9/h1-2,4-5H,3,6-8,17H2,(H,18,19). The first-order valence-electron chi connectivity index (χ1n) is 6.05. The van der Waals surface area contributed by atoms with Gasteiger partial charge in [0.05, 0.1) is 0 Å². The molecule has 1 amide bonds. The molecule has 0 heterocycles. The Morgan fingerprint density at radius 1 is 1.26 bits per heavy atom. The van der Waals surface area contributed by atoms with Gasteiger partial charge in [-0.2, -0.15) is 13.2 Å². The first-order valence-corrected chi connectivity index (χ1v) is 6.05. The van der Waals surface area contributed by atoms with E-state index in [0.717, 1.165) is 5.56 Å². The van der Waals surface area contributed by atoms with E-state index < -0.39 is 17.6 Å². The number of rotatable bonds is 4. The average molecular weight is 272 g/mol. The minimum atomic E-state index is -4.36. The number of nitrogen functional groups attached to an aromatic ring is 1.